The van der Waals surface area contributed by atoms with Crippen molar-refractivity contribution in [3.63, 3.8) is 0 Å². The van der Waals surface area contributed by atoms with Gasteiger partial charge in [-0.05, 0) is 30.3 Å². The van der Waals surface area contributed by atoms with Crippen molar-refractivity contribution < 1.29 is 9.53 Å². The Balaban J connectivity index is 1.52. The molecule has 0 unspecified atom stereocenters. The maximum atomic E-state index is 12.3. The number of terminal acetylenes is 1. The Kier molecular flexibility index (Phi) is 5.05. The first-order valence-corrected chi connectivity index (χ1v) is 8.04. The summed E-state index contributed by atoms with van der Waals surface area (Å²) in [4.78, 5) is 16.2. The van der Waals surface area contributed by atoms with Gasteiger partial charge in [0.1, 0.15) is 11.5 Å². The van der Waals surface area contributed by atoms with E-state index in [-0.39, 0.29) is 11.6 Å². The largest absolute Gasteiger partial charge is 0.457 e. The second kappa shape index (κ2) is 7.58. The van der Waals surface area contributed by atoms with Crippen molar-refractivity contribution in [3.8, 4) is 23.8 Å². The Morgan fingerprint density at radius 2 is 1.96 bits per heavy atom. The number of hydrogen-bond acceptors (Lipinski definition) is 5. The summed E-state index contributed by atoms with van der Waals surface area (Å²) in [5.41, 5.74) is 0.153. The molecule has 1 aliphatic heterocycles. The molecular weight excluding hydrogens is 316 g/mol. The van der Waals surface area contributed by atoms with Crippen LogP contribution in [-0.4, -0.2) is 23.1 Å². The molecule has 0 saturated heterocycles. The van der Waals surface area contributed by atoms with Crippen LogP contribution in [0.25, 0.3) is 0 Å². The summed E-state index contributed by atoms with van der Waals surface area (Å²) < 4.78 is 5.71. The molecule has 1 aromatic heterocycles. The number of rotatable bonds is 8. The van der Waals surface area contributed by atoms with E-state index in [4.69, 9.17) is 11.2 Å². The smallest absolute Gasteiger partial charge is 0.251 e. The molecule has 6 nitrogen and oxygen atoms in total. The second-order valence-corrected chi connectivity index (χ2v) is 5.71. The standard InChI is InChI=1S/C19H18N4O2/c1-2-3-9-19(22-23-19)10-13-21-18(24)15-5-4-6-17(14-15)25-16-7-11-20-12-8-16/h1,4-8,11-12,14H,3,9-10,13H2,(H,21,24). The minimum Gasteiger partial charge on any atom is -0.457 e. The van der Waals surface area contributed by atoms with Gasteiger partial charge in [-0.3, -0.25) is 9.78 Å². The van der Waals surface area contributed by atoms with Crippen LogP contribution in [0.15, 0.2) is 59.0 Å². The molecule has 0 spiro atoms. The lowest BCUT2D eigenvalue weighted by molar-refractivity contribution is 0.0951. The molecule has 3 rings (SSSR count). The van der Waals surface area contributed by atoms with Gasteiger partial charge in [0, 0.05) is 43.8 Å². The van der Waals surface area contributed by atoms with Crippen molar-refractivity contribution in [2.75, 3.05) is 6.54 Å². The zero-order chi connectivity index (χ0) is 17.5. The van der Waals surface area contributed by atoms with Gasteiger partial charge in [0.15, 0.2) is 5.66 Å². The SMILES string of the molecule is C#CCCC1(CCNC(=O)c2cccc(Oc3ccncc3)c2)N=N1. The number of pyridine rings is 1. The van der Waals surface area contributed by atoms with Crippen LogP contribution in [0.1, 0.15) is 29.6 Å². The number of amides is 1. The van der Waals surface area contributed by atoms with Gasteiger partial charge in [0.05, 0.1) is 0 Å². The lowest BCUT2D eigenvalue weighted by Crippen LogP contribution is -2.28. The number of carbonyl (C=O) groups is 1. The molecule has 2 heterocycles. The predicted octanol–water partition coefficient (Wildman–Crippen LogP) is 3.57. The normalized spacial score (nSPS) is 13.7. The zero-order valence-electron chi connectivity index (χ0n) is 13.7. The first-order chi connectivity index (χ1) is 12.2. The quantitative estimate of drug-likeness (QED) is 0.750. The number of nitrogens with zero attached hydrogens (tertiary/aromatic N) is 3. The Labute approximate surface area is 146 Å². The van der Waals surface area contributed by atoms with Gasteiger partial charge < -0.3 is 10.1 Å². The fourth-order valence-corrected chi connectivity index (χ4v) is 2.39. The average Bonchev–Trinajstić information content (AvgIpc) is 3.41. The van der Waals surface area contributed by atoms with Crippen molar-refractivity contribution in [2.45, 2.75) is 24.9 Å². The van der Waals surface area contributed by atoms with Crippen LogP contribution in [-0.2, 0) is 0 Å². The van der Waals surface area contributed by atoms with E-state index in [0.29, 0.717) is 36.4 Å². The van der Waals surface area contributed by atoms with E-state index in [1.54, 1.807) is 48.8 Å². The predicted molar refractivity (Wildman–Crippen MR) is 93.4 cm³/mol. The fourth-order valence-electron chi connectivity index (χ4n) is 2.39. The summed E-state index contributed by atoms with van der Waals surface area (Å²) in [6.07, 6.45) is 10.6. The van der Waals surface area contributed by atoms with Crippen molar-refractivity contribution in [2.24, 2.45) is 10.2 Å². The first kappa shape index (κ1) is 16.7. The van der Waals surface area contributed by atoms with E-state index in [2.05, 4.69) is 26.4 Å². The Hall–Kier alpha value is -3.20. The molecule has 0 fully saturated rings. The van der Waals surface area contributed by atoms with Crippen molar-refractivity contribution in [1.29, 1.82) is 0 Å². The molecule has 0 radical (unpaired) electrons. The van der Waals surface area contributed by atoms with Gasteiger partial charge >= 0.3 is 0 Å². The lowest BCUT2D eigenvalue weighted by Gasteiger charge is -2.11. The molecule has 1 aromatic carbocycles. The number of benzene rings is 1. The molecule has 2 aromatic rings. The summed E-state index contributed by atoms with van der Waals surface area (Å²) >= 11 is 0. The molecule has 1 amide bonds. The van der Waals surface area contributed by atoms with Gasteiger partial charge in [0.25, 0.3) is 5.91 Å². The maximum Gasteiger partial charge on any atom is 0.251 e. The van der Waals surface area contributed by atoms with Crippen LogP contribution in [0.5, 0.6) is 11.5 Å². The summed E-state index contributed by atoms with van der Waals surface area (Å²) in [6.45, 7) is 0.492. The van der Waals surface area contributed by atoms with Crippen LogP contribution in [0.4, 0.5) is 0 Å². The topological polar surface area (TPSA) is 75.9 Å². The molecule has 25 heavy (non-hydrogen) atoms. The van der Waals surface area contributed by atoms with E-state index in [1.165, 1.54) is 0 Å². The average molecular weight is 334 g/mol. The highest BCUT2D eigenvalue weighted by Gasteiger charge is 2.38. The van der Waals surface area contributed by atoms with E-state index in [1.807, 2.05) is 0 Å². The summed E-state index contributed by atoms with van der Waals surface area (Å²) in [6, 6.07) is 10.5. The Morgan fingerprint density at radius 1 is 1.16 bits per heavy atom. The van der Waals surface area contributed by atoms with Crippen LogP contribution in [0, 0.1) is 12.3 Å². The number of nitrogens with one attached hydrogen (secondary N) is 1. The van der Waals surface area contributed by atoms with Gasteiger partial charge in [-0.25, -0.2) is 0 Å². The summed E-state index contributed by atoms with van der Waals surface area (Å²) in [7, 11) is 0. The molecule has 1 N–H and O–H groups in total. The van der Waals surface area contributed by atoms with Crippen molar-refractivity contribution >= 4 is 5.91 Å². The van der Waals surface area contributed by atoms with Gasteiger partial charge in [-0.2, -0.15) is 10.2 Å². The third-order valence-corrected chi connectivity index (χ3v) is 3.85. The molecule has 6 heteroatoms. The van der Waals surface area contributed by atoms with Crippen LogP contribution in [0.2, 0.25) is 0 Å². The molecular formula is C19H18N4O2. The number of hydrogen-bond donors (Lipinski definition) is 1. The molecule has 0 bridgehead atoms. The highest BCUT2D eigenvalue weighted by atomic mass is 16.5. The van der Waals surface area contributed by atoms with E-state index < -0.39 is 0 Å². The monoisotopic (exact) mass is 334 g/mol. The highest BCUT2D eigenvalue weighted by molar-refractivity contribution is 5.94. The minimum atomic E-state index is -0.383. The summed E-state index contributed by atoms with van der Waals surface area (Å²) in [5.74, 6) is 3.69. The van der Waals surface area contributed by atoms with Gasteiger partial charge in [-0.15, -0.1) is 12.3 Å². The Morgan fingerprint density at radius 3 is 2.68 bits per heavy atom. The van der Waals surface area contributed by atoms with E-state index >= 15 is 0 Å². The second-order valence-electron chi connectivity index (χ2n) is 5.71. The molecule has 1 aliphatic rings. The lowest BCUT2D eigenvalue weighted by atomic mass is 10.0. The van der Waals surface area contributed by atoms with Gasteiger partial charge in [-0.1, -0.05) is 6.07 Å². The van der Waals surface area contributed by atoms with Crippen molar-refractivity contribution in [3.05, 3.63) is 54.4 Å². The fraction of sp³-hybridized carbons (Fsp3) is 0.263. The van der Waals surface area contributed by atoms with Crippen molar-refractivity contribution in [1.82, 2.24) is 10.3 Å². The molecule has 0 saturated carbocycles. The van der Waals surface area contributed by atoms with Crippen LogP contribution in [0.3, 0.4) is 0 Å². The minimum absolute atomic E-state index is 0.159. The number of ether oxygens (including phenoxy) is 1. The molecule has 126 valence electrons. The highest BCUT2D eigenvalue weighted by Crippen LogP contribution is 2.36. The zero-order valence-corrected chi connectivity index (χ0v) is 13.7. The third kappa shape index (κ3) is 4.64. The third-order valence-electron chi connectivity index (χ3n) is 3.85. The number of aromatic nitrogens is 1. The van der Waals surface area contributed by atoms with Gasteiger partial charge in [0.2, 0.25) is 0 Å². The summed E-state index contributed by atoms with van der Waals surface area (Å²) in [5, 5.41) is 11.0. The van der Waals surface area contributed by atoms with E-state index in [9.17, 15) is 4.79 Å². The maximum absolute atomic E-state index is 12.3. The molecule has 0 atom stereocenters. The first-order valence-electron chi connectivity index (χ1n) is 8.04. The number of carbonyl (C=O) groups excluding carboxylic acids is 1. The van der Waals surface area contributed by atoms with E-state index in [0.717, 1.165) is 6.42 Å². The van der Waals surface area contributed by atoms with Crippen LogP contribution >= 0.6 is 0 Å². The molecule has 0 aliphatic carbocycles. The Bertz CT molecular complexity index is 806. The van der Waals surface area contributed by atoms with Crippen LogP contribution < -0.4 is 10.1 Å².